The highest BCUT2D eigenvalue weighted by atomic mass is 35.5. The predicted molar refractivity (Wildman–Crippen MR) is 72.4 cm³/mol. The number of hydrogen-bond donors (Lipinski definition) is 0. The van der Waals surface area contributed by atoms with Gasteiger partial charge < -0.3 is 0 Å². The van der Waals surface area contributed by atoms with Gasteiger partial charge >= 0.3 is 0 Å². The number of hydrogen-bond acceptors (Lipinski definition) is 1. The molecule has 2 aromatic rings. The normalized spacial score (nSPS) is 12.4. The summed E-state index contributed by atoms with van der Waals surface area (Å²) in [5.41, 5.74) is 3.59. The molecule has 0 amide bonds. The van der Waals surface area contributed by atoms with Crippen LogP contribution in [0.5, 0.6) is 0 Å². The highest BCUT2D eigenvalue weighted by Crippen LogP contribution is 2.28. The first-order chi connectivity index (χ1) is 8.31. The zero-order valence-corrected chi connectivity index (χ0v) is 10.7. The minimum absolute atomic E-state index is 0.0892. The third-order valence-corrected chi connectivity index (χ3v) is 3.31. The molecule has 0 N–H and O–H groups in total. The summed E-state index contributed by atoms with van der Waals surface area (Å²) in [7, 11) is 0. The summed E-state index contributed by atoms with van der Waals surface area (Å²) < 4.78 is 0. The molecule has 1 aromatic carbocycles. The number of pyridine rings is 1. The Morgan fingerprint density at radius 3 is 2.18 bits per heavy atom. The summed E-state index contributed by atoms with van der Waals surface area (Å²) in [6, 6.07) is 12.5. The van der Waals surface area contributed by atoms with Crippen LogP contribution in [0, 0.1) is 0 Å². The van der Waals surface area contributed by atoms with Crippen LogP contribution >= 0.6 is 11.6 Å². The maximum absolute atomic E-state index is 6.43. The Labute approximate surface area is 107 Å². The minimum Gasteiger partial charge on any atom is -0.265 e. The van der Waals surface area contributed by atoms with Crippen LogP contribution in [-0.4, -0.2) is 4.98 Å². The molecule has 1 heterocycles. The van der Waals surface area contributed by atoms with Crippen LogP contribution in [0.1, 0.15) is 35.4 Å². The lowest BCUT2D eigenvalue weighted by molar-refractivity contribution is 0.920. The number of aromatic nitrogens is 1. The van der Waals surface area contributed by atoms with Crippen LogP contribution in [0.3, 0.4) is 0 Å². The van der Waals surface area contributed by atoms with Crippen molar-refractivity contribution in [3.05, 3.63) is 65.5 Å². The third kappa shape index (κ3) is 3.07. The van der Waals surface area contributed by atoms with Crippen molar-refractivity contribution in [1.82, 2.24) is 4.98 Å². The van der Waals surface area contributed by atoms with Gasteiger partial charge in [-0.25, -0.2) is 0 Å². The van der Waals surface area contributed by atoms with Gasteiger partial charge in [0.2, 0.25) is 0 Å². The smallest absolute Gasteiger partial charge is 0.0836 e. The number of halogens is 1. The second-order valence-electron chi connectivity index (χ2n) is 4.13. The molecule has 2 heteroatoms. The molecule has 1 nitrogen and oxygen atoms in total. The zero-order chi connectivity index (χ0) is 12.1. The van der Waals surface area contributed by atoms with Crippen molar-refractivity contribution in [2.24, 2.45) is 0 Å². The lowest BCUT2D eigenvalue weighted by Gasteiger charge is -2.10. The van der Waals surface area contributed by atoms with Gasteiger partial charge in [-0.2, -0.15) is 0 Å². The van der Waals surface area contributed by atoms with Crippen LogP contribution in [0.4, 0.5) is 0 Å². The molecule has 0 aliphatic rings. The third-order valence-electron chi connectivity index (χ3n) is 2.81. The van der Waals surface area contributed by atoms with Crippen molar-refractivity contribution in [3.8, 4) is 0 Å². The predicted octanol–water partition coefficient (Wildman–Crippen LogP) is 4.36. The van der Waals surface area contributed by atoms with Crippen LogP contribution in [0.25, 0.3) is 0 Å². The van der Waals surface area contributed by atoms with Gasteiger partial charge in [0.05, 0.1) is 5.38 Å². The van der Waals surface area contributed by atoms with E-state index >= 15 is 0 Å². The molecule has 1 aromatic heterocycles. The van der Waals surface area contributed by atoms with E-state index in [4.69, 9.17) is 11.6 Å². The largest absolute Gasteiger partial charge is 0.265 e. The Kier molecular flexibility index (Phi) is 4.16. The van der Waals surface area contributed by atoms with Gasteiger partial charge in [-0.1, -0.05) is 37.6 Å². The molecule has 0 saturated carbocycles. The molecule has 0 aliphatic heterocycles. The van der Waals surface area contributed by atoms with E-state index in [9.17, 15) is 0 Å². The molecule has 1 unspecified atom stereocenters. The van der Waals surface area contributed by atoms with Crippen LogP contribution in [0.15, 0.2) is 48.8 Å². The SMILES string of the molecule is CCCc1ccc(C(Cl)c2ccncc2)cc1. The zero-order valence-electron chi connectivity index (χ0n) is 9.94. The number of alkyl halides is 1. The standard InChI is InChI=1S/C15H16ClN/c1-2-3-12-4-6-13(7-5-12)15(16)14-8-10-17-11-9-14/h4-11,15H,2-3H2,1H3. The summed E-state index contributed by atoms with van der Waals surface area (Å²) in [5, 5.41) is -0.0892. The van der Waals surface area contributed by atoms with Crippen molar-refractivity contribution in [2.45, 2.75) is 25.1 Å². The van der Waals surface area contributed by atoms with Gasteiger partial charge in [0, 0.05) is 12.4 Å². The Balaban J connectivity index is 2.17. The number of aryl methyl sites for hydroxylation is 1. The van der Waals surface area contributed by atoms with Gasteiger partial charge in [0.25, 0.3) is 0 Å². The summed E-state index contributed by atoms with van der Waals surface area (Å²) >= 11 is 6.43. The average molecular weight is 246 g/mol. The lowest BCUT2D eigenvalue weighted by Crippen LogP contribution is -1.94. The van der Waals surface area contributed by atoms with E-state index < -0.39 is 0 Å². The summed E-state index contributed by atoms with van der Waals surface area (Å²) in [6.45, 7) is 2.19. The van der Waals surface area contributed by atoms with E-state index in [-0.39, 0.29) is 5.38 Å². The quantitative estimate of drug-likeness (QED) is 0.730. The summed E-state index contributed by atoms with van der Waals surface area (Å²) in [6.07, 6.45) is 5.85. The Morgan fingerprint density at radius 2 is 1.59 bits per heavy atom. The fourth-order valence-electron chi connectivity index (χ4n) is 1.87. The van der Waals surface area contributed by atoms with E-state index in [0.29, 0.717) is 0 Å². The van der Waals surface area contributed by atoms with E-state index in [1.165, 1.54) is 12.0 Å². The van der Waals surface area contributed by atoms with E-state index in [0.717, 1.165) is 17.5 Å². The maximum atomic E-state index is 6.43. The van der Waals surface area contributed by atoms with Gasteiger partial charge in [-0.15, -0.1) is 11.6 Å². The lowest BCUT2D eigenvalue weighted by atomic mass is 10.0. The molecule has 1 atom stereocenters. The molecule has 2 rings (SSSR count). The van der Waals surface area contributed by atoms with Crippen molar-refractivity contribution in [2.75, 3.05) is 0 Å². The first-order valence-corrected chi connectivity index (χ1v) is 6.37. The number of nitrogens with zero attached hydrogens (tertiary/aromatic N) is 1. The van der Waals surface area contributed by atoms with Crippen LogP contribution < -0.4 is 0 Å². The Hall–Kier alpha value is -1.34. The van der Waals surface area contributed by atoms with E-state index in [2.05, 4.69) is 36.2 Å². The molecule has 17 heavy (non-hydrogen) atoms. The second kappa shape index (κ2) is 5.83. The first kappa shape index (κ1) is 12.1. The molecular formula is C15H16ClN. The monoisotopic (exact) mass is 245 g/mol. The van der Waals surface area contributed by atoms with E-state index in [1.807, 2.05) is 12.1 Å². The minimum atomic E-state index is -0.0892. The molecular weight excluding hydrogens is 230 g/mol. The number of rotatable bonds is 4. The van der Waals surface area contributed by atoms with Gasteiger partial charge in [0.1, 0.15) is 0 Å². The van der Waals surface area contributed by atoms with Crippen molar-refractivity contribution < 1.29 is 0 Å². The summed E-state index contributed by atoms with van der Waals surface area (Å²) in [4.78, 5) is 4.00. The van der Waals surface area contributed by atoms with Crippen molar-refractivity contribution >= 4 is 11.6 Å². The topological polar surface area (TPSA) is 12.9 Å². The van der Waals surface area contributed by atoms with E-state index in [1.54, 1.807) is 12.4 Å². The molecule has 88 valence electrons. The first-order valence-electron chi connectivity index (χ1n) is 5.94. The Bertz CT molecular complexity index is 450. The van der Waals surface area contributed by atoms with Crippen molar-refractivity contribution in [3.63, 3.8) is 0 Å². The van der Waals surface area contributed by atoms with Crippen LogP contribution in [-0.2, 0) is 6.42 Å². The van der Waals surface area contributed by atoms with Gasteiger partial charge in [0.15, 0.2) is 0 Å². The second-order valence-corrected chi connectivity index (χ2v) is 4.57. The molecule has 0 saturated heterocycles. The molecule has 0 fully saturated rings. The highest BCUT2D eigenvalue weighted by Gasteiger charge is 2.09. The molecule has 0 bridgehead atoms. The average Bonchev–Trinajstić information content (AvgIpc) is 2.40. The van der Waals surface area contributed by atoms with Gasteiger partial charge in [-0.05, 0) is 35.2 Å². The van der Waals surface area contributed by atoms with Crippen LogP contribution in [0.2, 0.25) is 0 Å². The maximum Gasteiger partial charge on any atom is 0.0836 e. The number of benzene rings is 1. The Morgan fingerprint density at radius 1 is 1.00 bits per heavy atom. The fourth-order valence-corrected chi connectivity index (χ4v) is 2.16. The van der Waals surface area contributed by atoms with Crippen molar-refractivity contribution in [1.29, 1.82) is 0 Å². The highest BCUT2D eigenvalue weighted by molar-refractivity contribution is 6.22. The fraction of sp³-hybridized carbons (Fsp3) is 0.267. The van der Waals surface area contributed by atoms with Gasteiger partial charge in [-0.3, -0.25) is 4.98 Å². The molecule has 0 radical (unpaired) electrons. The summed E-state index contributed by atoms with van der Waals surface area (Å²) in [5.74, 6) is 0. The molecule has 0 spiro atoms. The molecule has 0 aliphatic carbocycles.